The number of aromatic nitrogens is 1. The van der Waals surface area contributed by atoms with Crippen molar-refractivity contribution in [2.75, 3.05) is 27.8 Å². The number of pyridine rings is 1. The number of hydrogen-bond acceptors (Lipinski definition) is 10. The Morgan fingerprint density at radius 3 is 2.42 bits per heavy atom. The van der Waals surface area contributed by atoms with Crippen LogP contribution in [0.3, 0.4) is 0 Å². The minimum Gasteiger partial charge on any atom is -0.497 e. The van der Waals surface area contributed by atoms with Crippen LogP contribution < -0.4 is 20.6 Å². The van der Waals surface area contributed by atoms with Gasteiger partial charge in [-0.15, -0.1) is 6.58 Å². The molecule has 2 aromatic rings. The highest BCUT2D eigenvalue weighted by Crippen LogP contribution is 2.33. The molecule has 0 bridgehead atoms. The molecule has 3 N–H and O–H groups in total. The summed E-state index contributed by atoms with van der Waals surface area (Å²) < 4.78 is 22.2. The Morgan fingerprint density at radius 2 is 1.86 bits per heavy atom. The third-order valence-corrected chi connectivity index (χ3v) is 7.26. The first-order chi connectivity index (χ1) is 20.0. The van der Waals surface area contributed by atoms with Crippen molar-refractivity contribution in [3.05, 3.63) is 42.6 Å². The number of nitrogens with zero attached hydrogens (tertiary/aromatic N) is 3. The highest BCUT2D eigenvalue weighted by Gasteiger charge is 2.47. The molecule has 0 saturated carbocycles. The van der Waals surface area contributed by atoms with E-state index in [2.05, 4.69) is 16.9 Å². The van der Waals surface area contributed by atoms with Crippen LogP contribution >= 0.6 is 0 Å². The maximum atomic E-state index is 13.7. The van der Waals surface area contributed by atoms with Crippen LogP contribution in [-0.2, 0) is 19.1 Å². The van der Waals surface area contributed by atoms with Crippen LogP contribution in [-0.4, -0.2) is 89.9 Å². The largest absolute Gasteiger partial charge is 0.497 e. The van der Waals surface area contributed by atoms with Crippen molar-refractivity contribution in [3.63, 3.8) is 0 Å². The molecule has 234 valence electrons. The third-order valence-electron chi connectivity index (χ3n) is 7.26. The average molecular weight is 600 g/mol. The number of carbonyl (C=O) groups excluding carboxylic acids is 4. The molecule has 43 heavy (non-hydrogen) atoms. The van der Waals surface area contributed by atoms with Crippen molar-refractivity contribution in [2.24, 2.45) is 11.8 Å². The van der Waals surface area contributed by atoms with E-state index in [-0.39, 0.29) is 18.7 Å². The van der Waals surface area contributed by atoms with Gasteiger partial charge in [0.15, 0.2) is 0 Å². The van der Waals surface area contributed by atoms with Crippen molar-refractivity contribution in [1.29, 1.82) is 0 Å². The molecule has 3 rings (SSSR count). The van der Waals surface area contributed by atoms with Crippen LogP contribution in [0.15, 0.2) is 36.9 Å². The van der Waals surface area contributed by atoms with Crippen molar-refractivity contribution < 1.29 is 38.1 Å². The molecule has 1 aromatic heterocycles. The first kappa shape index (κ1) is 33.1. The molecular formula is C30H41N5O8. The van der Waals surface area contributed by atoms with Crippen molar-refractivity contribution in [1.82, 2.24) is 20.2 Å². The van der Waals surface area contributed by atoms with E-state index >= 15 is 0 Å². The van der Waals surface area contributed by atoms with E-state index in [4.69, 9.17) is 24.8 Å². The second kappa shape index (κ2) is 12.9. The quantitative estimate of drug-likeness (QED) is 0.144. The van der Waals surface area contributed by atoms with Crippen LogP contribution in [0.1, 0.15) is 51.5 Å². The SMILES string of the molecule is C=C[C@@H](C)C(C)(NC(=O)[C@@H]1C[C@@H](Oc2cc(C(=O)N(C)N)nc3cc(OC)ccc23)CN1C(=O)OC(C)(C)C)C(=O)OC. The number of nitrogens with two attached hydrogens (primary N) is 1. The summed E-state index contributed by atoms with van der Waals surface area (Å²) in [5.41, 5.74) is -1.83. The maximum Gasteiger partial charge on any atom is 0.411 e. The Labute approximate surface area is 251 Å². The maximum absolute atomic E-state index is 13.7. The van der Waals surface area contributed by atoms with Crippen molar-refractivity contribution >= 4 is 34.8 Å². The van der Waals surface area contributed by atoms with Gasteiger partial charge in [-0.05, 0) is 39.8 Å². The van der Waals surface area contributed by atoms with Gasteiger partial charge < -0.3 is 24.3 Å². The zero-order chi connectivity index (χ0) is 32.3. The van der Waals surface area contributed by atoms with Gasteiger partial charge in [0.05, 0.1) is 26.3 Å². The number of rotatable bonds is 9. The molecule has 1 aromatic carbocycles. The van der Waals surface area contributed by atoms with E-state index in [0.717, 1.165) is 5.01 Å². The monoisotopic (exact) mass is 599 g/mol. The summed E-state index contributed by atoms with van der Waals surface area (Å²) >= 11 is 0. The van der Waals surface area contributed by atoms with Gasteiger partial charge in [0.25, 0.3) is 5.91 Å². The average Bonchev–Trinajstić information content (AvgIpc) is 3.38. The summed E-state index contributed by atoms with van der Waals surface area (Å²) in [6.07, 6.45) is 0.172. The normalized spacial score (nSPS) is 18.7. The molecule has 0 spiro atoms. The van der Waals surface area contributed by atoms with Crippen LogP contribution in [0.4, 0.5) is 4.79 Å². The standard InChI is InChI=1S/C30H41N5O8/c1-10-17(2)30(6,27(38)41-9)33-25(36)23-14-19(16-35(23)28(39)43-29(3,4)5)42-24-15-22(26(37)34(7)31)32-21-13-18(40-8)11-12-20(21)24/h10-13,15,17,19,23H,1,14,16,31H2,2-9H3,(H,33,36)/t17-,19-,23+,30?/m1/s1. The molecule has 13 nitrogen and oxygen atoms in total. The Bertz CT molecular complexity index is 1400. The molecule has 1 unspecified atom stereocenters. The predicted octanol–water partition coefficient (Wildman–Crippen LogP) is 2.82. The van der Waals surface area contributed by atoms with Gasteiger partial charge >= 0.3 is 12.1 Å². The van der Waals surface area contributed by atoms with Crippen LogP contribution in [0.5, 0.6) is 11.5 Å². The van der Waals surface area contributed by atoms with E-state index in [0.29, 0.717) is 22.4 Å². The van der Waals surface area contributed by atoms with Crippen LogP contribution in [0.2, 0.25) is 0 Å². The highest BCUT2D eigenvalue weighted by molar-refractivity contribution is 5.97. The lowest BCUT2D eigenvalue weighted by Gasteiger charge is -2.34. The molecule has 1 aliphatic heterocycles. The summed E-state index contributed by atoms with van der Waals surface area (Å²) in [6.45, 7) is 12.1. The number of esters is 1. The number of nitrogens with one attached hydrogen (secondary N) is 1. The predicted molar refractivity (Wildman–Crippen MR) is 158 cm³/mol. The van der Waals surface area contributed by atoms with Gasteiger partial charge in [0.2, 0.25) is 5.91 Å². The number of likely N-dealkylation sites (tertiary alicyclic amines) is 1. The van der Waals surface area contributed by atoms with Crippen molar-refractivity contribution in [2.45, 2.75) is 64.3 Å². The van der Waals surface area contributed by atoms with E-state index in [1.54, 1.807) is 45.9 Å². The Balaban J connectivity index is 2.01. The fourth-order valence-corrected chi connectivity index (χ4v) is 4.66. The Morgan fingerprint density at radius 1 is 1.19 bits per heavy atom. The number of amides is 3. The molecule has 13 heteroatoms. The molecule has 1 saturated heterocycles. The molecule has 3 amide bonds. The number of fused-ring (bicyclic) bond motifs is 1. The second-order valence-electron chi connectivity index (χ2n) is 11.6. The third kappa shape index (κ3) is 7.34. The smallest absolute Gasteiger partial charge is 0.411 e. The van der Waals surface area contributed by atoms with Gasteiger partial charge in [-0.25, -0.2) is 20.4 Å². The van der Waals surface area contributed by atoms with E-state index in [1.807, 2.05) is 0 Å². The molecule has 4 atom stereocenters. The fraction of sp³-hybridized carbons (Fsp3) is 0.500. The minimum absolute atomic E-state index is 0.0149. The van der Waals surface area contributed by atoms with Gasteiger partial charge in [-0.1, -0.05) is 13.0 Å². The Kier molecular flexibility index (Phi) is 9.90. The van der Waals surface area contributed by atoms with Crippen molar-refractivity contribution in [3.8, 4) is 11.5 Å². The fourth-order valence-electron chi connectivity index (χ4n) is 4.66. The number of methoxy groups -OCH3 is 2. The van der Waals surface area contributed by atoms with Gasteiger partial charge in [-0.2, -0.15) is 0 Å². The number of carbonyl (C=O) groups is 4. The second-order valence-corrected chi connectivity index (χ2v) is 11.6. The van der Waals surface area contributed by atoms with Gasteiger partial charge in [0, 0.05) is 36.9 Å². The molecule has 0 radical (unpaired) electrons. The highest BCUT2D eigenvalue weighted by atomic mass is 16.6. The van der Waals surface area contributed by atoms with Crippen LogP contribution in [0.25, 0.3) is 10.9 Å². The number of ether oxygens (including phenoxy) is 4. The molecule has 1 aliphatic rings. The summed E-state index contributed by atoms with van der Waals surface area (Å²) in [7, 11) is 4.14. The zero-order valence-corrected chi connectivity index (χ0v) is 25.9. The molecule has 1 fully saturated rings. The zero-order valence-electron chi connectivity index (χ0n) is 25.9. The van der Waals surface area contributed by atoms with Gasteiger partial charge in [-0.3, -0.25) is 19.5 Å². The number of hydrazine groups is 1. The Hall–Kier alpha value is -4.39. The van der Waals surface area contributed by atoms with Gasteiger partial charge in [0.1, 0.15) is 40.5 Å². The first-order valence-electron chi connectivity index (χ1n) is 13.7. The summed E-state index contributed by atoms with van der Waals surface area (Å²) in [6, 6.07) is 5.53. The topological polar surface area (TPSA) is 163 Å². The summed E-state index contributed by atoms with van der Waals surface area (Å²) in [4.78, 5) is 58.2. The lowest BCUT2D eigenvalue weighted by Crippen LogP contribution is -2.60. The van der Waals surface area contributed by atoms with E-state index < -0.39 is 53.1 Å². The van der Waals surface area contributed by atoms with Crippen LogP contribution in [0, 0.1) is 5.92 Å². The molecule has 0 aliphatic carbocycles. The number of hydrogen-bond donors (Lipinski definition) is 2. The van der Waals surface area contributed by atoms with E-state index in [9.17, 15) is 19.2 Å². The van der Waals surface area contributed by atoms with E-state index in [1.165, 1.54) is 45.2 Å². The summed E-state index contributed by atoms with van der Waals surface area (Å²) in [5.74, 6) is 4.20. The minimum atomic E-state index is -1.45. The molecule has 2 heterocycles. The molecular weight excluding hydrogens is 558 g/mol. The summed E-state index contributed by atoms with van der Waals surface area (Å²) in [5, 5.41) is 4.25. The lowest BCUT2D eigenvalue weighted by atomic mass is 9.86. The number of benzene rings is 1. The first-order valence-corrected chi connectivity index (χ1v) is 13.7. The lowest BCUT2D eigenvalue weighted by molar-refractivity contribution is -0.152.